The molecule has 26 heavy (non-hydrogen) atoms. The molecule has 0 aliphatic carbocycles. The summed E-state index contributed by atoms with van der Waals surface area (Å²) in [6.45, 7) is 4.41. The smallest absolute Gasteiger partial charge is 0.410 e. The second-order valence-corrected chi connectivity index (χ2v) is 7.35. The molecular formula is C20H21BrN2O3. The Morgan fingerprint density at radius 1 is 1.15 bits per heavy atom. The minimum Gasteiger partial charge on any atom is -0.410 e. The number of carbonyl (C=O) groups excluding carboxylic acids is 2. The van der Waals surface area contributed by atoms with Crippen molar-refractivity contribution in [2.45, 2.75) is 32.7 Å². The predicted octanol–water partition coefficient (Wildman–Crippen LogP) is 4.67. The summed E-state index contributed by atoms with van der Waals surface area (Å²) < 4.78 is 6.36. The van der Waals surface area contributed by atoms with Crippen molar-refractivity contribution in [3.05, 3.63) is 58.1 Å². The van der Waals surface area contributed by atoms with Crippen LogP contribution in [0.1, 0.15) is 24.0 Å². The zero-order valence-electron chi connectivity index (χ0n) is 14.8. The molecule has 6 heteroatoms. The summed E-state index contributed by atoms with van der Waals surface area (Å²) in [4.78, 5) is 26.8. The van der Waals surface area contributed by atoms with Gasteiger partial charge in [-0.3, -0.25) is 9.69 Å². The molecule has 0 aromatic heterocycles. The second kappa shape index (κ2) is 7.91. The number of benzene rings is 2. The molecule has 3 rings (SSSR count). The molecule has 136 valence electrons. The first-order valence-electron chi connectivity index (χ1n) is 8.57. The first kappa shape index (κ1) is 18.5. The first-order chi connectivity index (χ1) is 12.5. The van der Waals surface area contributed by atoms with Crippen LogP contribution in [-0.2, 0) is 4.79 Å². The van der Waals surface area contributed by atoms with Gasteiger partial charge >= 0.3 is 6.09 Å². The van der Waals surface area contributed by atoms with Crippen LogP contribution in [0.15, 0.2) is 46.9 Å². The van der Waals surface area contributed by atoms with E-state index in [1.807, 2.05) is 32.0 Å². The van der Waals surface area contributed by atoms with Crippen LogP contribution in [0.2, 0.25) is 0 Å². The quantitative estimate of drug-likeness (QED) is 0.790. The third-order valence-electron chi connectivity index (χ3n) is 4.48. The Bertz CT molecular complexity index is 800. The molecule has 1 unspecified atom stereocenters. The maximum Gasteiger partial charge on any atom is 0.415 e. The molecule has 2 aromatic carbocycles. The molecule has 0 spiro atoms. The highest BCUT2D eigenvalue weighted by molar-refractivity contribution is 9.10. The Morgan fingerprint density at radius 3 is 2.46 bits per heavy atom. The van der Waals surface area contributed by atoms with E-state index in [2.05, 4.69) is 21.2 Å². The van der Waals surface area contributed by atoms with Crippen molar-refractivity contribution in [1.82, 2.24) is 4.90 Å². The molecule has 5 nitrogen and oxygen atoms in total. The fourth-order valence-electron chi connectivity index (χ4n) is 3.22. The Hall–Kier alpha value is -2.34. The summed E-state index contributed by atoms with van der Waals surface area (Å²) in [6, 6.07) is 12.3. The minimum atomic E-state index is -0.520. The second-order valence-electron chi connectivity index (χ2n) is 6.44. The van der Waals surface area contributed by atoms with Crippen LogP contribution in [0.4, 0.5) is 10.5 Å². The van der Waals surface area contributed by atoms with Gasteiger partial charge < -0.3 is 10.1 Å². The molecule has 1 N–H and O–H groups in total. The Balaban J connectivity index is 1.71. The largest absolute Gasteiger partial charge is 0.415 e. The number of rotatable bonds is 3. The minimum absolute atomic E-state index is 0.180. The van der Waals surface area contributed by atoms with E-state index in [1.165, 1.54) is 4.90 Å². The number of aryl methyl sites for hydroxylation is 2. The van der Waals surface area contributed by atoms with Gasteiger partial charge in [-0.1, -0.05) is 34.1 Å². The molecule has 0 bridgehead atoms. The predicted molar refractivity (Wildman–Crippen MR) is 104 cm³/mol. The average molecular weight is 417 g/mol. The Kier molecular flexibility index (Phi) is 5.61. The molecule has 1 atom stereocenters. The van der Waals surface area contributed by atoms with E-state index < -0.39 is 12.1 Å². The summed E-state index contributed by atoms with van der Waals surface area (Å²) in [5.74, 6) is 0.296. The van der Waals surface area contributed by atoms with Crippen LogP contribution in [0.5, 0.6) is 5.75 Å². The maximum atomic E-state index is 12.8. The lowest BCUT2D eigenvalue weighted by atomic mass is 10.1. The number of hydrogen-bond donors (Lipinski definition) is 1. The highest BCUT2D eigenvalue weighted by atomic mass is 79.9. The Labute approximate surface area is 161 Å². The van der Waals surface area contributed by atoms with E-state index in [0.29, 0.717) is 18.7 Å². The standard InChI is InChI=1S/C20H21BrN2O3/c1-13-11-15(21)12-14(2)18(13)22-19(24)17-9-6-10-23(17)20(25)26-16-7-4-3-5-8-16/h3-5,7-8,11-12,17H,6,9-10H2,1-2H3,(H,22,24). The molecule has 0 radical (unpaired) electrons. The van der Waals surface area contributed by atoms with Gasteiger partial charge in [0.15, 0.2) is 0 Å². The molecule has 1 aliphatic heterocycles. The number of ether oxygens (including phenoxy) is 1. The van der Waals surface area contributed by atoms with Gasteiger partial charge in [-0.15, -0.1) is 0 Å². The highest BCUT2D eigenvalue weighted by Crippen LogP contribution is 2.27. The van der Waals surface area contributed by atoms with Gasteiger partial charge in [0, 0.05) is 16.7 Å². The summed E-state index contributed by atoms with van der Waals surface area (Å²) >= 11 is 3.46. The van der Waals surface area contributed by atoms with E-state index in [-0.39, 0.29) is 5.91 Å². The van der Waals surface area contributed by atoms with Crippen molar-refractivity contribution in [3.8, 4) is 5.75 Å². The zero-order chi connectivity index (χ0) is 18.7. The van der Waals surface area contributed by atoms with Crippen LogP contribution in [-0.4, -0.2) is 29.5 Å². The number of amides is 2. The Morgan fingerprint density at radius 2 is 1.81 bits per heavy atom. The number of carbonyl (C=O) groups is 2. The van der Waals surface area contributed by atoms with Crippen molar-refractivity contribution < 1.29 is 14.3 Å². The van der Waals surface area contributed by atoms with Crippen molar-refractivity contribution in [3.63, 3.8) is 0 Å². The monoisotopic (exact) mass is 416 g/mol. The first-order valence-corrected chi connectivity index (χ1v) is 9.36. The van der Waals surface area contributed by atoms with Crippen molar-refractivity contribution >= 4 is 33.6 Å². The number of nitrogens with zero attached hydrogens (tertiary/aromatic N) is 1. The van der Waals surface area contributed by atoms with Gasteiger partial charge in [-0.2, -0.15) is 0 Å². The maximum absolute atomic E-state index is 12.8. The average Bonchev–Trinajstić information content (AvgIpc) is 3.09. The molecular weight excluding hydrogens is 396 g/mol. The van der Waals surface area contributed by atoms with Crippen LogP contribution in [0.3, 0.4) is 0 Å². The van der Waals surface area contributed by atoms with Crippen LogP contribution >= 0.6 is 15.9 Å². The van der Waals surface area contributed by atoms with E-state index in [1.54, 1.807) is 24.3 Å². The fraction of sp³-hybridized carbons (Fsp3) is 0.300. The normalized spacial score (nSPS) is 16.4. The van der Waals surface area contributed by atoms with Crippen LogP contribution in [0.25, 0.3) is 0 Å². The van der Waals surface area contributed by atoms with Gasteiger partial charge in [-0.25, -0.2) is 4.79 Å². The summed E-state index contributed by atoms with van der Waals surface area (Å²) in [5.41, 5.74) is 2.74. The number of anilines is 1. The summed E-state index contributed by atoms with van der Waals surface area (Å²) in [7, 11) is 0. The lowest BCUT2D eigenvalue weighted by Crippen LogP contribution is -2.44. The van der Waals surface area contributed by atoms with Crippen molar-refractivity contribution in [2.75, 3.05) is 11.9 Å². The number of hydrogen-bond acceptors (Lipinski definition) is 3. The lowest BCUT2D eigenvalue weighted by molar-refractivity contribution is -0.119. The van der Waals surface area contributed by atoms with E-state index in [9.17, 15) is 9.59 Å². The third kappa shape index (κ3) is 4.07. The van der Waals surface area contributed by atoms with E-state index in [0.717, 1.165) is 27.7 Å². The summed E-state index contributed by atoms with van der Waals surface area (Å²) in [5, 5.41) is 2.99. The van der Waals surface area contributed by atoms with E-state index in [4.69, 9.17) is 4.74 Å². The van der Waals surface area contributed by atoms with Crippen molar-refractivity contribution in [2.24, 2.45) is 0 Å². The molecule has 0 saturated carbocycles. The van der Waals surface area contributed by atoms with Gasteiger partial charge in [0.25, 0.3) is 0 Å². The fourth-order valence-corrected chi connectivity index (χ4v) is 3.91. The number of para-hydroxylation sites is 1. The van der Waals surface area contributed by atoms with Gasteiger partial charge in [0.05, 0.1) is 0 Å². The van der Waals surface area contributed by atoms with Crippen LogP contribution in [0, 0.1) is 13.8 Å². The molecule has 1 heterocycles. The van der Waals surface area contributed by atoms with Gasteiger partial charge in [0.1, 0.15) is 11.8 Å². The SMILES string of the molecule is Cc1cc(Br)cc(C)c1NC(=O)C1CCCN1C(=O)Oc1ccccc1. The summed E-state index contributed by atoms with van der Waals surface area (Å²) in [6.07, 6.45) is 0.919. The molecule has 1 fully saturated rings. The highest BCUT2D eigenvalue weighted by Gasteiger charge is 2.35. The zero-order valence-corrected chi connectivity index (χ0v) is 16.4. The van der Waals surface area contributed by atoms with Crippen LogP contribution < -0.4 is 10.1 Å². The van der Waals surface area contributed by atoms with Gasteiger partial charge in [-0.05, 0) is 62.1 Å². The lowest BCUT2D eigenvalue weighted by Gasteiger charge is -2.24. The topological polar surface area (TPSA) is 58.6 Å². The van der Waals surface area contributed by atoms with Gasteiger partial charge in [0.2, 0.25) is 5.91 Å². The van der Waals surface area contributed by atoms with E-state index >= 15 is 0 Å². The molecule has 1 saturated heterocycles. The van der Waals surface area contributed by atoms with Crippen molar-refractivity contribution in [1.29, 1.82) is 0 Å². The number of halogens is 1. The number of nitrogens with one attached hydrogen (secondary N) is 1. The molecule has 2 aromatic rings. The number of likely N-dealkylation sites (tertiary alicyclic amines) is 1. The third-order valence-corrected chi connectivity index (χ3v) is 4.94. The molecule has 2 amide bonds. The molecule has 1 aliphatic rings.